The molecule has 2 amide bonds. The van der Waals surface area contributed by atoms with Gasteiger partial charge in [-0.2, -0.15) is 0 Å². The molecule has 174 valence electrons. The quantitative estimate of drug-likeness (QED) is 0.360. The number of anilines is 1. The van der Waals surface area contributed by atoms with E-state index >= 15 is 0 Å². The van der Waals surface area contributed by atoms with Crippen molar-refractivity contribution in [3.8, 4) is 22.4 Å². The third-order valence-corrected chi connectivity index (χ3v) is 6.24. The Balaban J connectivity index is 1.35. The van der Waals surface area contributed by atoms with Crippen molar-refractivity contribution in [2.45, 2.75) is 19.4 Å². The zero-order chi connectivity index (χ0) is 24.1. The van der Waals surface area contributed by atoms with Gasteiger partial charge in [0.15, 0.2) is 5.13 Å². The molecule has 0 saturated heterocycles. The SMILES string of the molecule is CC(C)(CN)n1ccc(C(=O)NCC(=O)Nc2nc(-c3cccc(-c4ccncc4)c3)cs2)c1. The van der Waals surface area contributed by atoms with Crippen LogP contribution in [-0.4, -0.2) is 39.4 Å². The molecule has 4 N–H and O–H groups in total. The summed E-state index contributed by atoms with van der Waals surface area (Å²) in [4.78, 5) is 33.4. The van der Waals surface area contributed by atoms with Crippen LogP contribution < -0.4 is 16.4 Å². The molecule has 0 aliphatic heterocycles. The second-order valence-electron chi connectivity index (χ2n) is 8.41. The molecule has 0 spiro atoms. The summed E-state index contributed by atoms with van der Waals surface area (Å²) < 4.78 is 1.89. The number of benzene rings is 1. The molecule has 0 bridgehead atoms. The number of thiazole rings is 1. The van der Waals surface area contributed by atoms with E-state index in [0.717, 1.165) is 22.4 Å². The Morgan fingerprint density at radius 1 is 1.09 bits per heavy atom. The Kier molecular flexibility index (Phi) is 6.85. The number of carbonyl (C=O) groups is 2. The zero-order valence-electron chi connectivity index (χ0n) is 19.0. The monoisotopic (exact) mass is 474 g/mol. The van der Waals surface area contributed by atoms with Crippen molar-refractivity contribution in [3.05, 3.63) is 78.2 Å². The minimum Gasteiger partial charge on any atom is -0.347 e. The van der Waals surface area contributed by atoms with E-state index in [1.807, 2.05) is 66.4 Å². The summed E-state index contributed by atoms with van der Waals surface area (Å²) in [5, 5.41) is 7.75. The van der Waals surface area contributed by atoms with Crippen LogP contribution in [0.4, 0.5) is 5.13 Å². The average molecular weight is 475 g/mol. The van der Waals surface area contributed by atoms with Crippen LogP contribution >= 0.6 is 11.3 Å². The second kappa shape index (κ2) is 9.98. The predicted octanol–water partition coefficient (Wildman–Crippen LogP) is 3.74. The number of amides is 2. The molecule has 8 nitrogen and oxygen atoms in total. The molecule has 34 heavy (non-hydrogen) atoms. The summed E-state index contributed by atoms with van der Waals surface area (Å²) in [5.41, 5.74) is 9.81. The molecule has 0 saturated carbocycles. The van der Waals surface area contributed by atoms with Gasteiger partial charge in [-0.3, -0.25) is 14.6 Å². The van der Waals surface area contributed by atoms with Gasteiger partial charge in [0.25, 0.3) is 5.91 Å². The molecule has 0 aliphatic carbocycles. The highest BCUT2D eigenvalue weighted by atomic mass is 32.1. The van der Waals surface area contributed by atoms with Gasteiger partial charge in [0, 0.05) is 42.3 Å². The summed E-state index contributed by atoms with van der Waals surface area (Å²) in [6.45, 7) is 4.26. The van der Waals surface area contributed by atoms with Gasteiger partial charge in [0.2, 0.25) is 5.91 Å². The lowest BCUT2D eigenvalue weighted by atomic mass is 10.0. The number of aromatic nitrogens is 3. The minimum absolute atomic E-state index is 0.156. The maximum atomic E-state index is 12.4. The minimum atomic E-state index is -0.346. The predicted molar refractivity (Wildman–Crippen MR) is 135 cm³/mol. The van der Waals surface area contributed by atoms with E-state index in [-0.39, 0.29) is 23.9 Å². The molecule has 4 aromatic rings. The summed E-state index contributed by atoms with van der Waals surface area (Å²) >= 11 is 1.33. The number of pyridine rings is 1. The number of hydrogen-bond donors (Lipinski definition) is 3. The van der Waals surface area contributed by atoms with Gasteiger partial charge in [0.05, 0.1) is 23.3 Å². The van der Waals surface area contributed by atoms with Crippen molar-refractivity contribution in [2.24, 2.45) is 5.73 Å². The first kappa shape index (κ1) is 23.3. The molecule has 0 fully saturated rings. The molecular weight excluding hydrogens is 448 g/mol. The van der Waals surface area contributed by atoms with Crippen molar-refractivity contribution in [3.63, 3.8) is 0 Å². The fourth-order valence-corrected chi connectivity index (χ4v) is 4.04. The summed E-state index contributed by atoms with van der Waals surface area (Å²) in [7, 11) is 0. The molecule has 0 unspecified atom stereocenters. The Hall–Kier alpha value is -3.82. The van der Waals surface area contributed by atoms with E-state index in [0.29, 0.717) is 17.2 Å². The van der Waals surface area contributed by atoms with Crippen molar-refractivity contribution in [2.75, 3.05) is 18.4 Å². The zero-order valence-corrected chi connectivity index (χ0v) is 19.8. The lowest BCUT2D eigenvalue weighted by Gasteiger charge is -2.24. The third kappa shape index (κ3) is 5.38. The first-order valence-corrected chi connectivity index (χ1v) is 11.7. The van der Waals surface area contributed by atoms with E-state index < -0.39 is 0 Å². The first-order valence-electron chi connectivity index (χ1n) is 10.8. The van der Waals surface area contributed by atoms with Crippen LogP contribution in [0.25, 0.3) is 22.4 Å². The fourth-order valence-electron chi connectivity index (χ4n) is 3.31. The molecule has 1 aromatic carbocycles. The highest BCUT2D eigenvalue weighted by molar-refractivity contribution is 7.14. The average Bonchev–Trinajstić information content (AvgIpc) is 3.54. The third-order valence-electron chi connectivity index (χ3n) is 5.49. The van der Waals surface area contributed by atoms with Crippen LogP contribution in [0.1, 0.15) is 24.2 Å². The van der Waals surface area contributed by atoms with Crippen molar-refractivity contribution in [1.29, 1.82) is 0 Å². The van der Waals surface area contributed by atoms with Gasteiger partial charge < -0.3 is 20.9 Å². The molecule has 4 rings (SSSR count). The van der Waals surface area contributed by atoms with Gasteiger partial charge >= 0.3 is 0 Å². The standard InChI is InChI=1S/C25H26N6O2S/c1-25(2,16-26)31-11-8-20(14-31)23(33)28-13-22(32)30-24-29-21(15-34-24)19-5-3-4-18(12-19)17-6-9-27-10-7-17/h3-12,14-15H,13,16,26H2,1-2H3,(H,28,33)(H,29,30,32). The van der Waals surface area contributed by atoms with E-state index in [1.165, 1.54) is 11.3 Å². The number of rotatable bonds is 8. The molecule has 0 aliphatic rings. The lowest BCUT2D eigenvalue weighted by Crippen LogP contribution is -2.34. The van der Waals surface area contributed by atoms with Gasteiger partial charge in [-0.05, 0) is 49.2 Å². The Morgan fingerprint density at radius 2 is 1.85 bits per heavy atom. The molecule has 0 atom stereocenters. The first-order chi connectivity index (χ1) is 16.4. The summed E-state index contributed by atoms with van der Waals surface area (Å²) in [6.07, 6.45) is 7.05. The van der Waals surface area contributed by atoms with E-state index in [9.17, 15) is 9.59 Å². The molecule has 0 radical (unpaired) electrons. The van der Waals surface area contributed by atoms with Crippen molar-refractivity contribution < 1.29 is 9.59 Å². The topological polar surface area (TPSA) is 115 Å². The van der Waals surface area contributed by atoms with E-state index in [4.69, 9.17) is 5.73 Å². The largest absolute Gasteiger partial charge is 0.347 e. The molecule has 3 aromatic heterocycles. The van der Waals surface area contributed by atoms with E-state index in [1.54, 1.807) is 24.7 Å². The van der Waals surface area contributed by atoms with Crippen LogP contribution in [0, 0.1) is 0 Å². The van der Waals surface area contributed by atoms with Gasteiger partial charge in [0.1, 0.15) is 0 Å². The highest BCUT2D eigenvalue weighted by Crippen LogP contribution is 2.28. The van der Waals surface area contributed by atoms with Gasteiger partial charge in [-0.25, -0.2) is 4.98 Å². The molecule has 3 heterocycles. The maximum Gasteiger partial charge on any atom is 0.253 e. The summed E-state index contributed by atoms with van der Waals surface area (Å²) in [5.74, 6) is -0.670. The Bertz CT molecular complexity index is 1300. The van der Waals surface area contributed by atoms with Crippen LogP contribution in [0.3, 0.4) is 0 Å². The van der Waals surface area contributed by atoms with Crippen LogP contribution in [-0.2, 0) is 10.3 Å². The van der Waals surface area contributed by atoms with Gasteiger partial charge in [-0.1, -0.05) is 18.2 Å². The molecular formula is C25H26N6O2S. The van der Waals surface area contributed by atoms with Gasteiger partial charge in [-0.15, -0.1) is 11.3 Å². The lowest BCUT2D eigenvalue weighted by molar-refractivity contribution is -0.115. The van der Waals surface area contributed by atoms with Crippen molar-refractivity contribution in [1.82, 2.24) is 19.9 Å². The summed E-state index contributed by atoms with van der Waals surface area (Å²) in [6, 6.07) is 13.6. The maximum absolute atomic E-state index is 12.4. The normalized spacial score (nSPS) is 11.3. The Morgan fingerprint density at radius 3 is 2.62 bits per heavy atom. The molecule has 9 heteroatoms. The Labute approximate surface area is 201 Å². The van der Waals surface area contributed by atoms with E-state index in [2.05, 4.69) is 20.6 Å². The fraction of sp³-hybridized carbons (Fsp3) is 0.200. The highest BCUT2D eigenvalue weighted by Gasteiger charge is 2.19. The smallest absolute Gasteiger partial charge is 0.253 e. The number of carbonyl (C=O) groups excluding carboxylic acids is 2. The van der Waals surface area contributed by atoms with Crippen LogP contribution in [0.5, 0.6) is 0 Å². The second-order valence-corrected chi connectivity index (χ2v) is 9.27. The number of nitrogens with two attached hydrogens (primary N) is 1. The van der Waals surface area contributed by atoms with Crippen molar-refractivity contribution >= 4 is 28.3 Å². The van der Waals surface area contributed by atoms with Crippen LogP contribution in [0.15, 0.2) is 72.6 Å². The van der Waals surface area contributed by atoms with Crippen LogP contribution in [0.2, 0.25) is 0 Å². The number of hydrogen-bond acceptors (Lipinski definition) is 6. The number of nitrogens with zero attached hydrogens (tertiary/aromatic N) is 3. The number of nitrogens with one attached hydrogen (secondary N) is 2.